The van der Waals surface area contributed by atoms with E-state index in [0.29, 0.717) is 31.3 Å². The van der Waals surface area contributed by atoms with Gasteiger partial charge in [0.25, 0.3) is 0 Å². The van der Waals surface area contributed by atoms with Gasteiger partial charge in [0.2, 0.25) is 0 Å². The van der Waals surface area contributed by atoms with Gasteiger partial charge in [-0.1, -0.05) is 17.7 Å². The maximum Gasteiger partial charge on any atom is 0.124 e. The van der Waals surface area contributed by atoms with Crippen LogP contribution < -0.4 is 0 Å². The zero-order chi connectivity index (χ0) is 13.5. The fraction of sp³-hybridized carbons (Fsp3) is 0.538. The lowest BCUT2D eigenvalue weighted by atomic mass is 10.2. The number of benzene rings is 1. The Balaban J connectivity index is 2.46. The lowest BCUT2D eigenvalue weighted by Crippen LogP contribution is -2.32. The smallest absolute Gasteiger partial charge is 0.124 e. The molecular weight excluding hydrogens is 257 g/mol. The Hall–Kier alpha value is -0.680. The maximum atomic E-state index is 12.9. The van der Waals surface area contributed by atoms with Gasteiger partial charge in [0.1, 0.15) is 5.82 Å². The van der Waals surface area contributed by atoms with Crippen molar-refractivity contribution in [2.24, 2.45) is 0 Å². The number of nitrogens with zero attached hydrogens (tertiary/aromatic N) is 1. The van der Waals surface area contributed by atoms with Gasteiger partial charge in [-0.3, -0.25) is 4.90 Å². The van der Waals surface area contributed by atoms with E-state index in [-0.39, 0.29) is 5.82 Å². The number of halogens is 2. The summed E-state index contributed by atoms with van der Waals surface area (Å²) in [7, 11) is 1.87. The van der Waals surface area contributed by atoms with E-state index in [9.17, 15) is 9.50 Å². The molecule has 0 bridgehead atoms. The molecule has 1 atom stereocenters. The summed E-state index contributed by atoms with van der Waals surface area (Å²) < 4.78 is 18.0. The second kappa shape index (κ2) is 7.69. The average Bonchev–Trinajstić information content (AvgIpc) is 2.30. The summed E-state index contributed by atoms with van der Waals surface area (Å²) >= 11 is 5.94. The number of hydrogen-bond acceptors (Lipinski definition) is 3. The Morgan fingerprint density at radius 2 is 2.22 bits per heavy atom. The first-order valence-electron chi connectivity index (χ1n) is 5.91. The van der Waals surface area contributed by atoms with Crippen molar-refractivity contribution in [1.29, 1.82) is 0 Å². The molecule has 0 radical (unpaired) electrons. The molecule has 1 aromatic carbocycles. The van der Waals surface area contributed by atoms with E-state index in [4.69, 9.17) is 16.3 Å². The van der Waals surface area contributed by atoms with E-state index in [1.54, 1.807) is 6.07 Å². The summed E-state index contributed by atoms with van der Waals surface area (Å²) in [6, 6.07) is 4.33. The zero-order valence-corrected chi connectivity index (χ0v) is 11.5. The fourth-order valence-electron chi connectivity index (χ4n) is 1.67. The first kappa shape index (κ1) is 15.4. The van der Waals surface area contributed by atoms with Crippen molar-refractivity contribution < 1.29 is 14.2 Å². The van der Waals surface area contributed by atoms with E-state index in [2.05, 4.69) is 0 Å². The zero-order valence-electron chi connectivity index (χ0n) is 10.7. The number of aliphatic hydroxyl groups is 1. The SMILES string of the molecule is CCOCC(O)CN(C)Cc1ccc(F)cc1Cl. The van der Waals surface area contributed by atoms with Crippen molar-refractivity contribution in [3.63, 3.8) is 0 Å². The van der Waals surface area contributed by atoms with Crippen LogP contribution in [0.2, 0.25) is 5.02 Å². The molecule has 0 fully saturated rings. The summed E-state index contributed by atoms with van der Waals surface area (Å²) in [6.07, 6.45) is -0.533. The third kappa shape index (κ3) is 5.31. The van der Waals surface area contributed by atoms with Crippen LogP contribution in [0.15, 0.2) is 18.2 Å². The van der Waals surface area contributed by atoms with Crippen LogP contribution in [-0.2, 0) is 11.3 Å². The van der Waals surface area contributed by atoms with E-state index >= 15 is 0 Å². The molecule has 3 nitrogen and oxygen atoms in total. The topological polar surface area (TPSA) is 32.7 Å². The minimum Gasteiger partial charge on any atom is -0.389 e. The summed E-state index contributed by atoms with van der Waals surface area (Å²) in [5.74, 6) is -0.345. The molecule has 0 aliphatic heterocycles. The Bertz CT molecular complexity index is 376. The summed E-state index contributed by atoms with van der Waals surface area (Å²) in [4.78, 5) is 1.92. The molecule has 1 rings (SSSR count). The molecule has 0 saturated carbocycles. The molecule has 1 unspecified atom stereocenters. The first-order chi connectivity index (χ1) is 8.52. The fourth-order valence-corrected chi connectivity index (χ4v) is 1.90. The summed E-state index contributed by atoms with van der Waals surface area (Å²) in [5, 5.41) is 10.1. The minimum atomic E-state index is -0.533. The Morgan fingerprint density at radius 3 is 2.83 bits per heavy atom. The molecule has 5 heteroatoms. The normalized spacial score (nSPS) is 13.0. The minimum absolute atomic E-state index is 0.317. The number of hydrogen-bond donors (Lipinski definition) is 1. The number of rotatable bonds is 7. The van der Waals surface area contributed by atoms with Gasteiger partial charge in [0, 0.05) is 24.7 Å². The molecule has 18 heavy (non-hydrogen) atoms. The van der Waals surface area contributed by atoms with Crippen LogP contribution in [0, 0.1) is 5.82 Å². The van der Waals surface area contributed by atoms with Gasteiger partial charge in [-0.2, -0.15) is 0 Å². The van der Waals surface area contributed by atoms with Crippen LogP contribution in [0.3, 0.4) is 0 Å². The van der Waals surface area contributed by atoms with Crippen molar-refractivity contribution in [2.45, 2.75) is 19.6 Å². The van der Waals surface area contributed by atoms with Gasteiger partial charge >= 0.3 is 0 Å². The summed E-state index contributed by atoms with van der Waals surface area (Å²) in [6.45, 7) is 3.83. The standard InChI is InChI=1S/C13H19ClFNO2/c1-3-18-9-12(17)8-16(2)7-10-4-5-11(15)6-13(10)14/h4-6,12,17H,3,7-9H2,1-2H3. The highest BCUT2D eigenvalue weighted by Gasteiger charge is 2.10. The molecule has 0 spiro atoms. The van der Waals surface area contributed by atoms with Crippen LogP contribution in [0.4, 0.5) is 4.39 Å². The second-order valence-corrected chi connectivity index (χ2v) is 4.65. The molecule has 1 aromatic rings. The van der Waals surface area contributed by atoms with Gasteiger partial charge < -0.3 is 9.84 Å². The van der Waals surface area contributed by atoms with Crippen molar-refractivity contribution in [3.05, 3.63) is 34.6 Å². The molecule has 0 heterocycles. The van der Waals surface area contributed by atoms with Crippen LogP contribution in [-0.4, -0.2) is 42.9 Å². The monoisotopic (exact) mass is 275 g/mol. The molecule has 1 N–H and O–H groups in total. The molecule has 0 aliphatic rings. The average molecular weight is 276 g/mol. The predicted molar refractivity (Wildman–Crippen MR) is 70.2 cm³/mol. The predicted octanol–water partition coefficient (Wildman–Crippen LogP) is 2.31. The van der Waals surface area contributed by atoms with E-state index in [0.717, 1.165) is 5.56 Å². The number of ether oxygens (including phenoxy) is 1. The van der Waals surface area contributed by atoms with E-state index in [1.165, 1.54) is 12.1 Å². The molecule has 0 amide bonds. The van der Waals surface area contributed by atoms with Gasteiger partial charge in [0.15, 0.2) is 0 Å². The van der Waals surface area contributed by atoms with Gasteiger partial charge in [0.05, 0.1) is 12.7 Å². The van der Waals surface area contributed by atoms with Crippen molar-refractivity contribution in [3.8, 4) is 0 Å². The Kier molecular flexibility index (Phi) is 6.57. The number of aliphatic hydroxyl groups excluding tert-OH is 1. The second-order valence-electron chi connectivity index (χ2n) is 4.25. The van der Waals surface area contributed by atoms with Gasteiger partial charge in [-0.05, 0) is 31.7 Å². The van der Waals surface area contributed by atoms with Crippen molar-refractivity contribution in [1.82, 2.24) is 4.90 Å². The highest BCUT2D eigenvalue weighted by molar-refractivity contribution is 6.31. The van der Waals surface area contributed by atoms with Crippen molar-refractivity contribution >= 4 is 11.6 Å². The van der Waals surface area contributed by atoms with Crippen LogP contribution in [0.1, 0.15) is 12.5 Å². The first-order valence-corrected chi connectivity index (χ1v) is 6.29. The quantitative estimate of drug-likeness (QED) is 0.829. The lowest BCUT2D eigenvalue weighted by Gasteiger charge is -2.21. The molecule has 0 saturated heterocycles. The van der Waals surface area contributed by atoms with Crippen molar-refractivity contribution in [2.75, 3.05) is 26.8 Å². The van der Waals surface area contributed by atoms with Crippen LogP contribution in [0.5, 0.6) is 0 Å². The summed E-state index contributed by atoms with van der Waals surface area (Å²) in [5.41, 5.74) is 0.837. The van der Waals surface area contributed by atoms with E-state index in [1.807, 2.05) is 18.9 Å². The van der Waals surface area contributed by atoms with Gasteiger partial charge in [-0.25, -0.2) is 4.39 Å². The third-order valence-corrected chi connectivity index (χ3v) is 2.84. The highest BCUT2D eigenvalue weighted by atomic mass is 35.5. The number of likely N-dealkylation sites (N-methyl/N-ethyl adjacent to an activating group) is 1. The Labute approximate surface area is 112 Å². The molecule has 0 aliphatic carbocycles. The molecule has 102 valence electrons. The highest BCUT2D eigenvalue weighted by Crippen LogP contribution is 2.18. The van der Waals surface area contributed by atoms with Gasteiger partial charge in [-0.15, -0.1) is 0 Å². The lowest BCUT2D eigenvalue weighted by molar-refractivity contribution is 0.0244. The largest absolute Gasteiger partial charge is 0.389 e. The van der Waals surface area contributed by atoms with Crippen LogP contribution in [0.25, 0.3) is 0 Å². The third-order valence-electron chi connectivity index (χ3n) is 2.49. The maximum absolute atomic E-state index is 12.9. The van der Waals surface area contributed by atoms with Crippen LogP contribution >= 0.6 is 11.6 Å². The molecular formula is C13H19ClFNO2. The Morgan fingerprint density at radius 1 is 1.50 bits per heavy atom. The van der Waals surface area contributed by atoms with E-state index < -0.39 is 6.10 Å². The molecule has 0 aromatic heterocycles.